The van der Waals surface area contributed by atoms with Crippen molar-refractivity contribution in [2.75, 3.05) is 5.73 Å². The Morgan fingerprint density at radius 3 is 2.48 bits per heavy atom. The molecule has 3 aromatic rings. The molecule has 0 bridgehead atoms. The zero-order valence-electron chi connectivity index (χ0n) is 12.3. The Hall–Kier alpha value is -2.69. The van der Waals surface area contributed by atoms with Gasteiger partial charge in [-0.2, -0.15) is 4.68 Å². The maximum atomic E-state index is 5.93. The van der Waals surface area contributed by atoms with E-state index in [1.807, 2.05) is 31.2 Å². The fraction of sp³-hybridized carbons (Fsp3) is 0.188. The minimum atomic E-state index is 0.692. The average Bonchev–Trinajstić information content (AvgIpc) is 2.86. The van der Waals surface area contributed by atoms with E-state index >= 15 is 0 Å². The molecule has 1 heterocycles. The van der Waals surface area contributed by atoms with E-state index < -0.39 is 0 Å². The van der Waals surface area contributed by atoms with Crippen molar-refractivity contribution < 1.29 is 0 Å². The molecule has 0 saturated heterocycles. The third-order valence-corrected chi connectivity index (χ3v) is 3.41. The molecular formula is C16H17N5. The Bertz CT molecular complexity index is 784. The lowest BCUT2D eigenvalue weighted by Crippen LogP contribution is -2.03. The highest BCUT2D eigenvalue weighted by molar-refractivity contribution is 5.64. The van der Waals surface area contributed by atoms with Crippen LogP contribution >= 0.6 is 0 Å². The number of aromatic nitrogens is 4. The van der Waals surface area contributed by atoms with E-state index in [0.717, 1.165) is 22.4 Å². The van der Waals surface area contributed by atoms with Crippen molar-refractivity contribution >= 4 is 5.69 Å². The second-order valence-corrected chi connectivity index (χ2v) is 5.34. The van der Waals surface area contributed by atoms with Crippen molar-refractivity contribution in [3.8, 4) is 17.1 Å². The molecule has 0 saturated carbocycles. The van der Waals surface area contributed by atoms with Crippen LogP contribution in [0.2, 0.25) is 0 Å². The van der Waals surface area contributed by atoms with E-state index in [9.17, 15) is 0 Å². The molecule has 21 heavy (non-hydrogen) atoms. The summed E-state index contributed by atoms with van der Waals surface area (Å²) in [6.07, 6.45) is 0. The van der Waals surface area contributed by atoms with E-state index in [1.165, 1.54) is 5.56 Å². The van der Waals surface area contributed by atoms with Crippen LogP contribution in [0.5, 0.6) is 0 Å². The lowest BCUT2D eigenvalue weighted by molar-refractivity contribution is 0.787. The molecular weight excluding hydrogens is 262 g/mol. The van der Waals surface area contributed by atoms with Gasteiger partial charge in [0.05, 0.1) is 5.69 Å². The first-order valence-electron chi connectivity index (χ1n) is 6.78. The van der Waals surface area contributed by atoms with Crippen LogP contribution in [0.25, 0.3) is 17.1 Å². The van der Waals surface area contributed by atoms with Crippen molar-refractivity contribution in [3.63, 3.8) is 0 Å². The molecule has 0 aliphatic carbocycles. The summed E-state index contributed by atoms with van der Waals surface area (Å²) in [6.45, 7) is 6.13. The summed E-state index contributed by atoms with van der Waals surface area (Å²) in [5.74, 6) is 0.692. The van der Waals surface area contributed by atoms with E-state index in [0.29, 0.717) is 11.5 Å². The standard InChI is InChI=1S/C16H17N5/c1-10-4-5-15(12(3)6-10)21-16(18-19-20-21)13-7-11(2)8-14(17)9-13/h4-9H,17H2,1-3H3. The van der Waals surface area contributed by atoms with E-state index in [-0.39, 0.29) is 0 Å². The van der Waals surface area contributed by atoms with Gasteiger partial charge in [-0.05, 0) is 66.6 Å². The summed E-state index contributed by atoms with van der Waals surface area (Å²) in [5, 5.41) is 12.1. The highest BCUT2D eigenvalue weighted by atomic mass is 15.5. The molecule has 5 nitrogen and oxygen atoms in total. The van der Waals surface area contributed by atoms with Crippen molar-refractivity contribution in [1.82, 2.24) is 20.2 Å². The first-order chi connectivity index (χ1) is 10.0. The van der Waals surface area contributed by atoms with Gasteiger partial charge in [0.2, 0.25) is 0 Å². The van der Waals surface area contributed by atoms with E-state index in [2.05, 4.69) is 41.5 Å². The van der Waals surface area contributed by atoms with E-state index in [1.54, 1.807) is 4.68 Å². The molecule has 0 amide bonds. The summed E-state index contributed by atoms with van der Waals surface area (Å²) in [4.78, 5) is 0. The molecule has 0 spiro atoms. The number of rotatable bonds is 2. The molecule has 3 rings (SSSR count). The maximum absolute atomic E-state index is 5.93. The Balaban J connectivity index is 2.17. The highest BCUT2D eigenvalue weighted by Gasteiger charge is 2.13. The van der Waals surface area contributed by atoms with Crippen LogP contribution in [0, 0.1) is 20.8 Å². The normalized spacial score (nSPS) is 10.8. The molecule has 0 fully saturated rings. The minimum absolute atomic E-state index is 0.692. The van der Waals surface area contributed by atoms with Crippen LogP contribution in [0.15, 0.2) is 36.4 Å². The number of anilines is 1. The Morgan fingerprint density at radius 2 is 1.76 bits per heavy atom. The quantitative estimate of drug-likeness (QED) is 0.732. The summed E-state index contributed by atoms with van der Waals surface area (Å²) < 4.78 is 1.75. The summed E-state index contributed by atoms with van der Waals surface area (Å²) in [5.41, 5.74) is 11.9. The van der Waals surface area contributed by atoms with Crippen LogP contribution in [0.1, 0.15) is 16.7 Å². The summed E-state index contributed by atoms with van der Waals surface area (Å²) in [7, 11) is 0. The first kappa shape index (κ1) is 13.3. The number of nitrogen functional groups attached to an aromatic ring is 1. The van der Waals surface area contributed by atoms with Gasteiger partial charge in [0.1, 0.15) is 0 Å². The van der Waals surface area contributed by atoms with Gasteiger partial charge in [-0.3, -0.25) is 0 Å². The molecule has 2 aromatic carbocycles. The topological polar surface area (TPSA) is 69.6 Å². The summed E-state index contributed by atoms with van der Waals surface area (Å²) >= 11 is 0. The van der Waals surface area contributed by atoms with Gasteiger partial charge in [0, 0.05) is 11.3 Å². The van der Waals surface area contributed by atoms with Crippen molar-refractivity contribution in [3.05, 3.63) is 53.1 Å². The average molecular weight is 279 g/mol. The summed E-state index contributed by atoms with van der Waals surface area (Å²) in [6, 6.07) is 12.0. The third-order valence-electron chi connectivity index (χ3n) is 3.41. The number of nitrogens with two attached hydrogens (primary N) is 1. The van der Waals surface area contributed by atoms with Crippen molar-refractivity contribution in [2.24, 2.45) is 0 Å². The Labute approximate surface area is 123 Å². The number of hydrogen-bond donors (Lipinski definition) is 1. The predicted octanol–water partition coefficient (Wildman–Crippen LogP) is 2.84. The molecule has 1 aromatic heterocycles. The Kier molecular flexibility index (Phi) is 3.17. The molecule has 0 aliphatic heterocycles. The molecule has 0 radical (unpaired) electrons. The number of benzene rings is 2. The zero-order valence-corrected chi connectivity index (χ0v) is 12.3. The van der Waals surface area contributed by atoms with Gasteiger partial charge in [-0.15, -0.1) is 5.10 Å². The third kappa shape index (κ3) is 2.50. The van der Waals surface area contributed by atoms with Gasteiger partial charge < -0.3 is 5.73 Å². The maximum Gasteiger partial charge on any atom is 0.187 e. The molecule has 0 aliphatic rings. The molecule has 106 valence electrons. The van der Waals surface area contributed by atoms with Gasteiger partial charge in [0.15, 0.2) is 5.82 Å². The van der Waals surface area contributed by atoms with Gasteiger partial charge in [0.25, 0.3) is 0 Å². The minimum Gasteiger partial charge on any atom is -0.399 e. The smallest absolute Gasteiger partial charge is 0.187 e. The Morgan fingerprint density at radius 1 is 0.952 bits per heavy atom. The zero-order chi connectivity index (χ0) is 15.0. The van der Waals surface area contributed by atoms with Gasteiger partial charge in [-0.25, -0.2) is 0 Å². The van der Waals surface area contributed by atoms with Crippen LogP contribution in [-0.2, 0) is 0 Å². The van der Waals surface area contributed by atoms with Crippen molar-refractivity contribution in [2.45, 2.75) is 20.8 Å². The lowest BCUT2D eigenvalue weighted by Gasteiger charge is -2.09. The van der Waals surface area contributed by atoms with Gasteiger partial charge >= 0.3 is 0 Å². The van der Waals surface area contributed by atoms with Crippen LogP contribution in [-0.4, -0.2) is 20.2 Å². The number of nitrogens with zero attached hydrogens (tertiary/aromatic N) is 4. The monoisotopic (exact) mass is 279 g/mol. The van der Waals surface area contributed by atoms with Crippen LogP contribution < -0.4 is 5.73 Å². The van der Waals surface area contributed by atoms with E-state index in [4.69, 9.17) is 5.73 Å². The molecule has 0 unspecified atom stereocenters. The van der Waals surface area contributed by atoms with Gasteiger partial charge in [-0.1, -0.05) is 17.7 Å². The molecule has 0 atom stereocenters. The number of aryl methyl sites for hydroxylation is 3. The fourth-order valence-corrected chi connectivity index (χ4v) is 2.51. The van der Waals surface area contributed by atoms with Crippen molar-refractivity contribution in [1.29, 1.82) is 0 Å². The highest BCUT2D eigenvalue weighted by Crippen LogP contribution is 2.24. The number of tetrazole rings is 1. The second kappa shape index (κ2) is 5.01. The number of hydrogen-bond acceptors (Lipinski definition) is 4. The lowest BCUT2D eigenvalue weighted by atomic mass is 10.1. The predicted molar refractivity (Wildman–Crippen MR) is 83.2 cm³/mol. The SMILES string of the molecule is Cc1cc(N)cc(-c2nnnn2-c2ccc(C)cc2C)c1. The molecule has 5 heteroatoms. The van der Waals surface area contributed by atoms with Crippen LogP contribution in [0.4, 0.5) is 5.69 Å². The largest absolute Gasteiger partial charge is 0.399 e. The first-order valence-corrected chi connectivity index (χ1v) is 6.78. The second-order valence-electron chi connectivity index (χ2n) is 5.34. The van der Waals surface area contributed by atoms with Crippen LogP contribution in [0.3, 0.4) is 0 Å². The molecule has 2 N–H and O–H groups in total. The fourth-order valence-electron chi connectivity index (χ4n) is 2.51.